The van der Waals surface area contributed by atoms with Gasteiger partial charge in [0.1, 0.15) is 5.78 Å². The van der Waals surface area contributed by atoms with Crippen molar-refractivity contribution in [3.8, 4) is 0 Å². The normalized spacial score (nSPS) is 25.4. The molecular formula is C12H23NO. The van der Waals surface area contributed by atoms with E-state index in [4.69, 9.17) is 0 Å². The van der Waals surface area contributed by atoms with E-state index in [1.54, 1.807) is 0 Å². The topological polar surface area (TPSA) is 29.1 Å². The Hall–Kier alpha value is -0.370. The van der Waals surface area contributed by atoms with Gasteiger partial charge in [-0.1, -0.05) is 33.1 Å². The lowest BCUT2D eigenvalue weighted by atomic mass is 9.96. The van der Waals surface area contributed by atoms with E-state index in [1.165, 1.54) is 19.3 Å². The van der Waals surface area contributed by atoms with Crippen LogP contribution < -0.4 is 5.32 Å². The molecule has 0 bridgehead atoms. The van der Waals surface area contributed by atoms with Crippen molar-refractivity contribution >= 4 is 5.78 Å². The monoisotopic (exact) mass is 197 g/mol. The molecule has 0 aromatic carbocycles. The van der Waals surface area contributed by atoms with Crippen LogP contribution in [0, 0.1) is 5.92 Å². The molecule has 0 aliphatic carbocycles. The first-order chi connectivity index (χ1) is 6.74. The third-order valence-electron chi connectivity index (χ3n) is 3.20. The van der Waals surface area contributed by atoms with Crippen LogP contribution in [0.25, 0.3) is 0 Å². The number of hydrogen-bond acceptors (Lipinski definition) is 2. The van der Waals surface area contributed by atoms with E-state index >= 15 is 0 Å². The predicted molar refractivity (Wildman–Crippen MR) is 59.3 cm³/mol. The molecule has 2 atom stereocenters. The lowest BCUT2D eigenvalue weighted by Crippen LogP contribution is -2.36. The van der Waals surface area contributed by atoms with Crippen molar-refractivity contribution in [3.63, 3.8) is 0 Å². The molecule has 1 aliphatic rings. The molecule has 1 aliphatic heterocycles. The van der Waals surface area contributed by atoms with Gasteiger partial charge in [-0.25, -0.2) is 0 Å². The fourth-order valence-electron chi connectivity index (χ4n) is 1.93. The molecule has 1 heterocycles. The molecule has 0 saturated carbocycles. The summed E-state index contributed by atoms with van der Waals surface area (Å²) in [6.07, 6.45) is 6.64. The van der Waals surface area contributed by atoms with Crippen molar-refractivity contribution in [1.29, 1.82) is 0 Å². The van der Waals surface area contributed by atoms with Gasteiger partial charge in [-0.3, -0.25) is 4.79 Å². The van der Waals surface area contributed by atoms with Gasteiger partial charge in [-0.2, -0.15) is 0 Å². The van der Waals surface area contributed by atoms with Crippen molar-refractivity contribution in [2.45, 2.75) is 58.4 Å². The maximum Gasteiger partial charge on any atom is 0.150 e. The number of nitrogens with one attached hydrogen (secondary N) is 1. The van der Waals surface area contributed by atoms with Gasteiger partial charge in [0.05, 0.1) is 6.04 Å². The molecular weight excluding hydrogens is 174 g/mol. The fraction of sp³-hybridized carbons (Fsp3) is 0.917. The highest BCUT2D eigenvalue weighted by Gasteiger charge is 2.20. The molecule has 14 heavy (non-hydrogen) atoms. The maximum atomic E-state index is 11.9. The largest absolute Gasteiger partial charge is 0.307 e. The third-order valence-corrected chi connectivity index (χ3v) is 3.20. The van der Waals surface area contributed by atoms with E-state index in [1.807, 2.05) is 0 Å². The molecule has 2 heteroatoms. The maximum absolute atomic E-state index is 11.9. The molecule has 1 fully saturated rings. The molecule has 82 valence electrons. The second kappa shape index (κ2) is 6.18. The SMILES string of the molecule is CCC(C)CC(=O)C1CCCCCN1. The van der Waals surface area contributed by atoms with Gasteiger partial charge in [0.15, 0.2) is 0 Å². The molecule has 0 aromatic rings. The molecule has 2 nitrogen and oxygen atoms in total. The van der Waals surface area contributed by atoms with E-state index in [2.05, 4.69) is 19.2 Å². The molecule has 1 N–H and O–H groups in total. The first kappa shape index (κ1) is 11.7. The Bertz CT molecular complexity index is 171. The Morgan fingerprint density at radius 1 is 1.43 bits per heavy atom. The first-order valence-electron chi connectivity index (χ1n) is 6.00. The van der Waals surface area contributed by atoms with Gasteiger partial charge in [0, 0.05) is 6.42 Å². The summed E-state index contributed by atoms with van der Waals surface area (Å²) >= 11 is 0. The Morgan fingerprint density at radius 3 is 2.93 bits per heavy atom. The summed E-state index contributed by atoms with van der Waals surface area (Å²) in [5.41, 5.74) is 0. The van der Waals surface area contributed by atoms with E-state index in [0.29, 0.717) is 11.7 Å². The first-order valence-corrected chi connectivity index (χ1v) is 6.00. The minimum Gasteiger partial charge on any atom is -0.307 e. The van der Waals surface area contributed by atoms with Crippen LogP contribution >= 0.6 is 0 Å². The van der Waals surface area contributed by atoms with Gasteiger partial charge in [-0.15, -0.1) is 0 Å². The van der Waals surface area contributed by atoms with Crippen molar-refractivity contribution < 1.29 is 4.79 Å². The quantitative estimate of drug-likeness (QED) is 0.750. The lowest BCUT2D eigenvalue weighted by Gasteiger charge is -2.16. The summed E-state index contributed by atoms with van der Waals surface area (Å²) in [5.74, 6) is 0.980. The highest BCUT2D eigenvalue weighted by atomic mass is 16.1. The van der Waals surface area contributed by atoms with Crippen molar-refractivity contribution in [1.82, 2.24) is 5.32 Å². The van der Waals surface area contributed by atoms with E-state index < -0.39 is 0 Å². The Balaban J connectivity index is 2.34. The molecule has 2 unspecified atom stereocenters. The van der Waals surface area contributed by atoms with Crippen LogP contribution in [-0.4, -0.2) is 18.4 Å². The number of Topliss-reactive ketones (excluding diaryl/α,β-unsaturated/α-hetero) is 1. The molecule has 0 radical (unpaired) electrons. The average Bonchev–Trinajstić information content (AvgIpc) is 2.45. The third kappa shape index (κ3) is 3.79. The number of carbonyl (C=O) groups is 1. The number of hydrogen-bond donors (Lipinski definition) is 1. The van der Waals surface area contributed by atoms with Gasteiger partial charge in [0.2, 0.25) is 0 Å². The van der Waals surface area contributed by atoms with E-state index in [0.717, 1.165) is 25.8 Å². The highest BCUT2D eigenvalue weighted by molar-refractivity contribution is 5.84. The molecule has 1 rings (SSSR count). The van der Waals surface area contributed by atoms with Crippen LogP contribution in [0.4, 0.5) is 0 Å². The van der Waals surface area contributed by atoms with Gasteiger partial charge >= 0.3 is 0 Å². The standard InChI is InChI=1S/C12H23NO/c1-3-10(2)9-12(14)11-7-5-4-6-8-13-11/h10-11,13H,3-9H2,1-2H3. The van der Waals surface area contributed by atoms with Gasteiger partial charge in [0.25, 0.3) is 0 Å². The van der Waals surface area contributed by atoms with Crippen LogP contribution in [0.5, 0.6) is 0 Å². The lowest BCUT2D eigenvalue weighted by molar-refractivity contribution is -0.122. The number of ketones is 1. The summed E-state index contributed by atoms with van der Waals surface area (Å²) in [5, 5.41) is 3.36. The fourth-order valence-corrected chi connectivity index (χ4v) is 1.93. The average molecular weight is 197 g/mol. The number of rotatable bonds is 4. The predicted octanol–water partition coefficient (Wildman–Crippen LogP) is 2.52. The molecule has 0 spiro atoms. The zero-order chi connectivity index (χ0) is 10.4. The summed E-state index contributed by atoms with van der Waals surface area (Å²) in [6.45, 7) is 5.34. The van der Waals surface area contributed by atoms with E-state index in [9.17, 15) is 4.79 Å². The minimum atomic E-state index is 0.159. The minimum absolute atomic E-state index is 0.159. The second-order valence-electron chi connectivity index (χ2n) is 4.54. The summed E-state index contributed by atoms with van der Waals surface area (Å²) in [7, 11) is 0. The summed E-state index contributed by atoms with van der Waals surface area (Å²) in [4.78, 5) is 11.9. The van der Waals surface area contributed by atoms with Crippen molar-refractivity contribution in [2.24, 2.45) is 5.92 Å². The van der Waals surface area contributed by atoms with Crippen LogP contribution in [0.3, 0.4) is 0 Å². The van der Waals surface area contributed by atoms with Gasteiger partial charge in [-0.05, 0) is 25.3 Å². The van der Waals surface area contributed by atoms with E-state index in [-0.39, 0.29) is 6.04 Å². The van der Waals surface area contributed by atoms with Crippen molar-refractivity contribution in [3.05, 3.63) is 0 Å². The van der Waals surface area contributed by atoms with Crippen LogP contribution in [-0.2, 0) is 4.79 Å². The Morgan fingerprint density at radius 2 is 2.21 bits per heavy atom. The second-order valence-corrected chi connectivity index (χ2v) is 4.54. The van der Waals surface area contributed by atoms with Crippen LogP contribution in [0.1, 0.15) is 52.4 Å². The molecule has 0 amide bonds. The smallest absolute Gasteiger partial charge is 0.150 e. The zero-order valence-electron chi connectivity index (χ0n) is 9.51. The molecule has 0 aromatic heterocycles. The van der Waals surface area contributed by atoms with Gasteiger partial charge < -0.3 is 5.32 Å². The van der Waals surface area contributed by atoms with Crippen LogP contribution in [0.15, 0.2) is 0 Å². The molecule has 1 saturated heterocycles. The summed E-state index contributed by atoms with van der Waals surface area (Å²) < 4.78 is 0. The zero-order valence-corrected chi connectivity index (χ0v) is 9.51. The van der Waals surface area contributed by atoms with Crippen molar-refractivity contribution in [2.75, 3.05) is 6.54 Å². The summed E-state index contributed by atoms with van der Waals surface area (Å²) in [6, 6.07) is 0.159. The Kier molecular flexibility index (Phi) is 5.16. The van der Waals surface area contributed by atoms with Crippen LogP contribution in [0.2, 0.25) is 0 Å². The highest BCUT2D eigenvalue weighted by Crippen LogP contribution is 2.14. The Labute approximate surface area is 87.5 Å². The number of carbonyl (C=O) groups excluding carboxylic acids is 1.